The molecule has 0 N–H and O–H groups in total. The molecule has 0 saturated carbocycles. The molecule has 0 aromatic carbocycles. The second kappa shape index (κ2) is 7.05. The molecule has 0 amide bonds. The normalized spacial score (nSPS) is 30.0. The monoisotopic (exact) mass is 307 g/mol. The summed E-state index contributed by atoms with van der Waals surface area (Å²) in [6.45, 7) is 9.38. The van der Waals surface area contributed by atoms with Crippen molar-refractivity contribution >= 4 is 11.3 Å². The zero-order valence-electron chi connectivity index (χ0n) is 12.6. The van der Waals surface area contributed by atoms with E-state index in [0.717, 1.165) is 45.7 Å². The lowest BCUT2D eigenvalue weighted by Gasteiger charge is -2.50. The quantitative estimate of drug-likeness (QED) is 0.594. The summed E-state index contributed by atoms with van der Waals surface area (Å²) in [6.07, 6.45) is 5.71. The Balaban J connectivity index is 1.66. The molecule has 4 heteroatoms. The molecule has 2 aliphatic heterocycles. The smallest absolute Gasteiger partial charge is 0.0677 e. The SMILES string of the molecule is C=CCOC[C@@]12CCCO[C@@H]1CCN(Cc1cccs1)C2. The van der Waals surface area contributed by atoms with Crippen molar-refractivity contribution in [3.05, 3.63) is 35.0 Å². The van der Waals surface area contributed by atoms with Gasteiger partial charge in [0.2, 0.25) is 0 Å². The molecule has 0 aliphatic carbocycles. The van der Waals surface area contributed by atoms with Gasteiger partial charge >= 0.3 is 0 Å². The standard InChI is InChI=1S/C17H25NO2S/c1-2-9-19-14-17-7-4-10-20-16(17)6-8-18(13-17)12-15-5-3-11-21-15/h2-3,5,11,16H,1,4,6-10,12-14H2/t16-,17+/m1/s1. The topological polar surface area (TPSA) is 21.7 Å². The summed E-state index contributed by atoms with van der Waals surface area (Å²) in [5.41, 5.74) is 0.177. The predicted molar refractivity (Wildman–Crippen MR) is 86.6 cm³/mol. The first-order chi connectivity index (χ1) is 10.3. The molecule has 116 valence electrons. The average molecular weight is 307 g/mol. The van der Waals surface area contributed by atoms with Gasteiger partial charge in [0.05, 0.1) is 19.3 Å². The van der Waals surface area contributed by atoms with Crippen molar-refractivity contribution in [3.63, 3.8) is 0 Å². The molecule has 2 atom stereocenters. The van der Waals surface area contributed by atoms with E-state index in [1.165, 1.54) is 11.3 Å². The van der Waals surface area contributed by atoms with Gasteiger partial charge in [0, 0.05) is 36.5 Å². The zero-order valence-corrected chi connectivity index (χ0v) is 13.4. The van der Waals surface area contributed by atoms with Crippen LogP contribution in [0.2, 0.25) is 0 Å². The predicted octanol–water partition coefficient (Wildman–Crippen LogP) is 3.32. The van der Waals surface area contributed by atoms with Crippen LogP contribution in [0.3, 0.4) is 0 Å². The molecule has 0 unspecified atom stereocenters. The van der Waals surface area contributed by atoms with Crippen LogP contribution >= 0.6 is 11.3 Å². The Morgan fingerprint density at radius 3 is 3.33 bits per heavy atom. The fraction of sp³-hybridized carbons (Fsp3) is 0.647. The number of nitrogens with zero attached hydrogens (tertiary/aromatic N) is 1. The van der Waals surface area contributed by atoms with Crippen LogP contribution in [0.1, 0.15) is 24.1 Å². The van der Waals surface area contributed by atoms with Crippen molar-refractivity contribution in [3.8, 4) is 0 Å². The van der Waals surface area contributed by atoms with Gasteiger partial charge in [-0.3, -0.25) is 4.90 Å². The Morgan fingerprint density at radius 1 is 1.57 bits per heavy atom. The third-order valence-electron chi connectivity index (χ3n) is 4.65. The van der Waals surface area contributed by atoms with Crippen LogP contribution in [-0.4, -0.2) is 43.9 Å². The second-order valence-electron chi connectivity index (χ2n) is 6.21. The molecule has 2 saturated heterocycles. The summed E-state index contributed by atoms with van der Waals surface area (Å²) in [6, 6.07) is 4.37. The molecular weight excluding hydrogens is 282 g/mol. The molecule has 2 aliphatic rings. The maximum Gasteiger partial charge on any atom is 0.0677 e. The molecular formula is C17H25NO2S. The fourth-order valence-corrected chi connectivity index (χ4v) is 4.44. The van der Waals surface area contributed by atoms with Gasteiger partial charge in [-0.25, -0.2) is 0 Å². The lowest BCUT2D eigenvalue weighted by Crippen LogP contribution is -2.56. The Bertz CT molecular complexity index is 448. The Labute approximate surface area is 131 Å². The summed E-state index contributed by atoms with van der Waals surface area (Å²) >= 11 is 1.85. The van der Waals surface area contributed by atoms with Gasteiger partial charge < -0.3 is 9.47 Å². The third-order valence-corrected chi connectivity index (χ3v) is 5.51. The van der Waals surface area contributed by atoms with E-state index in [-0.39, 0.29) is 5.41 Å². The van der Waals surface area contributed by atoms with Gasteiger partial charge in [-0.05, 0) is 30.7 Å². The molecule has 0 bridgehead atoms. The number of rotatable bonds is 6. The highest BCUT2D eigenvalue weighted by atomic mass is 32.1. The van der Waals surface area contributed by atoms with Crippen molar-refractivity contribution in [1.29, 1.82) is 0 Å². The van der Waals surface area contributed by atoms with Crippen molar-refractivity contribution in [2.75, 3.05) is 32.9 Å². The van der Waals surface area contributed by atoms with Crippen molar-refractivity contribution in [2.24, 2.45) is 5.41 Å². The molecule has 0 radical (unpaired) electrons. The molecule has 1 aromatic heterocycles. The minimum absolute atomic E-state index is 0.177. The maximum absolute atomic E-state index is 6.07. The van der Waals surface area contributed by atoms with E-state index in [0.29, 0.717) is 12.7 Å². The zero-order chi connectivity index (χ0) is 14.5. The summed E-state index contributed by atoms with van der Waals surface area (Å²) in [5.74, 6) is 0. The van der Waals surface area contributed by atoms with E-state index in [1.807, 2.05) is 17.4 Å². The van der Waals surface area contributed by atoms with Gasteiger partial charge in [-0.15, -0.1) is 17.9 Å². The van der Waals surface area contributed by atoms with E-state index in [9.17, 15) is 0 Å². The molecule has 3 heterocycles. The van der Waals surface area contributed by atoms with Gasteiger partial charge in [0.15, 0.2) is 0 Å². The minimum Gasteiger partial charge on any atom is -0.377 e. The van der Waals surface area contributed by atoms with Crippen LogP contribution in [-0.2, 0) is 16.0 Å². The lowest BCUT2D eigenvalue weighted by molar-refractivity contribution is -0.151. The first-order valence-corrected chi connectivity index (χ1v) is 8.75. The largest absolute Gasteiger partial charge is 0.377 e. The van der Waals surface area contributed by atoms with Crippen LogP contribution in [0, 0.1) is 5.41 Å². The molecule has 1 aromatic rings. The molecule has 3 rings (SSSR count). The molecule has 2 fully saturated rings. The van der Waals surface area contributed by atoms with Gasteiger partial charge in [0.25, 0.3) is 0 Å². The van der Waals surface area contributed by atoms with Gasteiger partial charge in [-0.1, -0.05) is 12.1 Å². The van der Waals surface area contributed by atoms with Crippen molar-refractivity contribution in [2.45, 2.75) is 31.9 Å². The molecule has 21 heavy (non-hydrogen) atoms. The number of thiophene rings is 1. The average Bonchev–Trinajstić information content (AvgIpc) is 3.00. The number of ether oxygens (including phenoxy) is 2. The van der Waals surface area contributed by atoms with Crippen LogP contribution in [0.5, 0.6) is 0 Å². The third kappa shape index (κ3) is 3.57. The van der Waals surface area contributed by atoms with E-state index in [4.69, 9.17) is 9.47 Å². The van der Waals surface area contributed by atoms with Crippen LogP contribution in [0.15, 0.2) is 30.2 Å². The maximum atomic E-state index is 6.07. The van der Waals surface area contributed by atoms with E-state index in [2.05, 4.69) is 29.0 Å². The highest BCUT2D eigenvalue weighted by molar-refractivity contribution is 7.09. The number of fused-ring (bicyclic) bond motifs is 1. The highest BCUT2D eigenvalue weighted by Crippen LogP contribution is 2.40. The number of likely N-dealkylation sites (tertiary alicyclic amines) is 1. The van der Waals surface area contributed by atoms with E-state index in [1.54, 1.807) is 0 Å². The minimum atomic E-state index is 0.177. The Kier molecular flexibility index (Phi) is 5.11. The van der Waals surface area contributed by atoms with Gasteiger partial charge in [-0.2, -0.15) is 0 Å². The number of hydrogen-bond acceptors (Lipinski definition) is 4. The summed E-state index contributed by atoms with van der Waals surface area (Å²) < 4.78 is 11.9. The second-order valence-corrected chi connectivity index (χ2v) is 7.24. The highest BCUT2D eigenvalue weighted by Gasteiger charge is 2.46. The Morgan fingerprint density at radius 2 is 2.52 bits per heavy atom. The fourth-order valence-electron chi connectivity index (χ4n) is 3.70. The van der Waals surface area contributed by atoms with E-state index >= 15 is 0 Å². The first kappa shape index (κ1) is 15.2. The molecule has 3 nitrogen and oxygen atoms in total. The first-order valence-electron chi connectivity index (χ1n) is 7.87. The van der Waals surface area contributed by atoms with Gasteiger partial charge in [0.1, 0.15) is 0 Å². The van der Waals surface area contributed by atoms with Crippen LogP contribution in [0.25, 0.3) is 0 Å². The number of piperidine rings is 1. The lowest BCUT2D eigenvalue weighted by atomic mass is 9.73. The summed E-state index contributed by atoms with van der Waals surface area (Å²) in [4.78, 5) is 4.03. The Hall–Kier alpha value is -0.680. The van der Waals surface area contributed by atoms with Crippen LogP contribution < -0.4 is 0 Å². The molecule has 0 spiro atoms. The summed E-state index contributed by atoms with van der Waals surface area (Å²) in [7, 11) is 0. The van der Waals surface area contributed by atoms with Crippen LogP contribution in [0.4, 0.5) is 0 Å². The van der Waals surface area contributed by atoms with Crippen molar-refractivity contribution in [1.82, 2.24) is 4.90 Å². The van der Waals surface area contributed by atoms with Crippen molar-refractivity contribution < 1.29 is 9.47 Å². The summed E-state index contributed by atoms with van der Waals surface area (Å²) in [5, 5.41) is 2.16. The number of hydrogen-bond donors (Lipinski definition) is 0. The van der Waals surface area contributed by atoms with E-state index < -0.39 is 0 Å².